The van der Waals surface area contributed by atoms with Crippen LogP contribution in [0.2, 0.25) is 5.02 Å². The average Bonchev–Trinajstić information content (AvgIpc) is 2.38. The molecule has 0 aliphatic rings. The fourth-order valence-corrected chi connectivity index (χ4v) is 2.15. The largest absolute Gasteiger partial charge is 0.336 e. The van der Waals surface area contributed by atoms with E-state index in [0.29, 0.717) is 23.3 Å². The van der Waals surface area contributed by atoms with Crippen LogP contribution in [0.1, 0.15) is 20.8 Å². The second-order valence-corrected chi connectivity index (χ2v) is 4.85. The molecule has 1 atom stereocenters. The van der Waals surface area contributed by atoms with Crippen LogP contribution in [0.15, 0.2) is 24.3 Å². The predicted octanol–water partition coefficient (Wildman–Crippen LogP) is 3.19. The molecule has 1 aromatic carbocycles. The molecular weight excluding hydrogens is 262 g/mol. The minimum Gasteiger partial charge on any atom is -0.336 e. The minimum atomic E-state index is -0.207. The van der Waals surface area contributed by atoms with Gasteiger partial charge in [0.1, 0.15) is 0 Å². The number of nitrogens with one attached hydrogen (secondary N) is 2. The molecule has 0 fully saturated rings. The molecule has 2 amide bonds. The number of nitrogens with zero attached hydrogens (tertiary/aromatic N) is 1. The molecule has 1 aromatic rings. The van der Waals surface area contributed by atoms with Crippen molar-refractivity contribution in [3.8, 4) is 0 Å². The van der Waals surface area contributed by atoms with E-state index in [2.05, 4.69) is 36.3 Å². The Labute approximate surface area is 120 Å². The summed E-state index contributed by atoms with van der Waals surface area (Å²) in [6.07, 6.45) is 0. The maximum absolute atomic E-state index is 11.7. The summed E-state index contributed by atoms with van der Waals surface area (Å²) in [6.45, 7) is 8.92. The summed E-state index contributed by atoms with van der Waals surface area (Å²) >= 11 is 5.86. The molecule has 1 rings (SSSR count). The predicted molar refractivity (Wildman–Crippen MR) is 80.9 cm³/mol. The van der Waals surface area contributed by atoms with Crippen molar-refractivity contribution in [2.45, 2.75) is 26.8 Å². The fraction of sp³-hybridized carbons (Fsp3) is 0.500. The minimum absolute atomic E-state index is 0.207. The van der Waals surface area contributed by atoms with E-state index in [-0.39, 0.29) is 6.03 Å². The van der Waals surface area contributed by atoms with Crippen molar-refractivity contribution in [3.05, 3.63) is 29.3 Å². The van der Waals surface area contributed by atoms with Gasteiger partial charge in [0.15, 0.2) is 0 Å². The Kier molecular flexibility index (Phi) is 6.67. The van der Waals surface area contributed by atoms with Crippen LogP contribution in [0.4, 0.5) is 10.5 Å². The number of hydrogen-bond donors (Lipinski definition) is 2. The molecule has 4 nitrogen and oxygen atoms in total. The third kappa shape index (κ3) is 5.49. The quantitative estimate of drug-likeness (QED) is 0.842. The molecule has 19 heavy (non-hydrogen) atoms. The summed E-state index contributed by atoms with van der Waals surface area (Å²) in [5.74, 6) is 0. The van der Waals surface area contributed by atoms with Gasteiger partial charge >= 0.3 is 6.03 Å². The number of amides is 2. The molecular formula is C14H22ClN3O. The normalized spacial score (nSPS) is 12.3. The van der Waals surface area contributed by atoms with Crippen LogP contribution < -0.4 is 10.6 Å². The maximum atomic E-state index is 11.7. The molecule has 0 aliphatic carbocycles. The number of anilines is 1. The third-order valence-electron chi connectivity index (χ3n) is 3.08. The van der Waals surface area contributed by atoms with Gasteiger partial charge in [-0.1, -0.05) is 31.5 Å². The first-order chi connectivity index (χ1) is 9.06. The lowest BCUT2D eigenvalue weighted by Gasteiger charge is -2.26. The summed E-state index contributed by atoms with van der Waals surface area (Å²) < 4.78 is 0. The topological polar surface area (TPSA) is 44.4 Å². The second kappa shape index (κ2) is 8.02. The van der Waals surface area contributed by atoms with Gasteiger partial charge in [0.05, 0.1) is 0 Å². The van der Waals surface area contributed by atoms with Gasteiger partial charge in [-0.05, 0) is 38.2 Å². The van der Waals surface area contributed by atoms with Gasteiger partial charge in [-0.25, -0.2) is 4.79 Å². The van der Waals surface area contributed by atoms with Gasteiger partial charge in [0.2, 0.25) is 0 Å². The number of benzene rings is 1. The van der Waals surface area contributed by atoms with Crippen LogP contribution >= 0.6 is 11.6 Å². The zero-order valence-corrected chi connectivity index (χ0v) is 12.5. The maximum Gasteiger partial charge on any atom is 0.319 e. The summed E-state index contributed by atoms with van der Waals surface area (Å²) in [7, 11) is 0. The summed E-state index contributed by atoms with van der Waals surface area (Å²) in [5, 5.41) is 6.23. The third-order valence-corrected chi connectivity index (χ3v) is 3.31. The Morgan fingerprint density at radius 1 is 1.37 bits per heavy atom. The van der Waals surface area contributed by atoms with E-state index in [4.69, 9.17) is 11.6 Å². The van der Waals surface area contributed by atoms with Crippen LogP contribution in [0.25, 0.3) is 0 Å². The Morgan fingerprint density at radius 3 is 2.63 bits per heavy atom. The van der Waals surface area contributed by atoms with Crippen LogP contribution in [0, 0.1) is 0 Å². The number of halogens is 1. The summed E-state index contributed by atoms with van der Waals surface area (Å²) in [6, 6.07) is 7.21. The molecule has 0 saturated heterocycles. The Bertz CT molecular complexity index is 407. The van der Waals surface area contributed by atoms with E-state index >= 15 is 0 Å². The Morgan fingerprint density at radius 2 is 2.05 bits per heavy atom. The van der Waals surface area contributed by atoms with Gasteiger partial charge in [-0.3, -0.25) is 4.90 Å². The van der Waals surface area contributed by atoms with Crippen LogP contribution in [-0.2, 0) is 0 Å². The van der Waals surface area contributed by atoms with E-state index in [1.807, 2.05) is 0 Å². The fourth-order valence-electron chi connectivity index (χ4n) is 1.96. The highest BCUT2D eigenvalue weighted by Gasteiger charge is 2.11. The first-order valence-electron chi connectivity index (χ1n) is 6.61. The number of carbonyl (C=O) groups excluding carboxylic acids is 1. The Balaban J connectivity index is 2.39. The van der Waals surface area contributed by atoms with Crippen LogP contribution in [0.5, 0.6) is 0 Å². The zero-order valence-electron chi connectivity index (χ0n) is 11.7. The lowest BCUT2D eigenvalue weighted by Crippen LogP contribution is -2.43. The van der Waals surface area contributed by atoms with Crippen molar-refractivity contribution in [3.63, 3.8) is 0 Å². The van der Waals surface area contributed by atoms with Gasteiger partial charge in [0, 0.05) is 23.3 Å². The molecule has 0 radical (unpaired) electrons. The van der Waals surface area contributed by atoms with E-state index in [1.54, 1.807) is 24.3 Å². The highest BCUT2D eigenvalue weighted by Crippen LogP contribution is 2.14. The van der Waals surface area contributed by atoms with E-state index in [9.17, 15) is 4.79 Å². The van der Waals surface area contributed by atoms with Crippen LogP contribution in [0.3, 0.4) is 0 Å². The number of rotatable bonds is 6. The standard InChI is InChI=1S/C14H22ClN3O/c1-4-18(5-2)11(3)10-16-14(19)17-13-8-6-7-12(15)9-13/h6-9,11H,4-5,10H2,1-3H3,(H2,16,17,19). The van der Waals surface area contributed by atoms with Gasteiger partial charge in [0.25, 0.3) is 0 Å². The van der Waals surface area contributed by atoms with Crippen molar-refractivity contribution in [1.82, 2.24) is 10.2 Å². The molecule has 0 saturated carbocycles. The SMILES string of the molecule is CCN(CC)C(C)CNC(=O)Nc1cccc(Cl)c1. The van der Waals surface area contributed by atoms with Crippen molar-refractivity contribution in [1.29, 1.82) is 0 Å². The van der Waals surface area contributed by atoms with Crippen LogP contribution in [-0.4, -0.2) is 36.6 Å². The van der Waals surface area contributed by atoms with Gasteiger partial charge in [-0.2, -0.15) is 0 Å². The van der Waals surface area contributed by atoms with Crippen molar-refractivity contribution in [2.24, 2.45) is 0 Å². The van der Waals surface area contributed by atoms with Crippen molar-refractivity contribution in [2.75, 3.05) is 25.0 Å². The molecule has 1 unspecified atom stereocenters. The highest BCUT2D eigenvalue weighted by atomic mass is 35.5. The average molecular weight is 284 g/mol. The Hall–Kier alpha value is -1.26. The lowest BCUT2D eigenvalue weighted by atomic mass is 10.3. The summed E-state index contributed by atoms with van der Waals surface area (Å²) in [5.41, 5.74) is 0.695. The number of carbonyl (C=O) groups is 1. The first kappa shape index (κ1) is 15.8. The molecule has 2 N–H and O–H groups in total. The molecule has 0 aliphatic heterocycles. The van der Waals surface area contributed by atoms with Crippen molar-refractivity contribution >= 4 is 23.3 Å². The van der Waals surface area contributed by atoms with E-state index < -0.39 is 0 Å². The molecule has 0 heterocycles. The van der Waals surface area contributed by atoms with E-state index in [1.165, 1.54) is 0 Å². The molecule has 0 spiro atoms. The highest BCUT2D eigenvalue weighted by molar-refractivity contribution is 6.30. The van der Waals surface area contributed by atoms with Gasteiger partial charge in [-0.15, -0.1) is 0 Å². The molecule has 5 heteroatoms. The van der Waals surface area contributed by atoms with Crippen molar-refractivity contribution < 1.29 is 4.79 Å². The second-order valence-electron chi connectivity index (χ2n) is 4.42. The van der Waals surface area contributed by atoms with Gasteiger partial charge < -0.3 is 10.6 Å². The smallest absolute Gasteiger partial charge is 0.319 e. The number of hydrogen-bond acceptors (Lipinski definition) is 2. The molecule has 0 bridgehead atoms. The lowest BCUT2D eigenvalue weighted by molar-refractivity contribution is 0.220. The monoisotopic (exact) mass is 283 g/mol. The molecule has 106 valence electrons. The number of urea groups is 1. The summed E-state index contributed by atoms with van der Waals surface area (Å²) in [4.78, 5) is 14.0. The number of likely N-dealkylation sites (N-methyl/N-ethyl adjacent to an activating group) is 1. The first-order valence-corrected chi connectivity index (χ1v) is 6.99. The zero-order chi connectivity index (χ0) is 14.3. The molecule has 0 aromatic heterocycles. The van der Waals surface area contributed by atoms with E-state index in [0.717, 1.165) is 13.1 Å².